The molecule has 2 N–H and O–H groups in total. The van der Waals surface area contributed by atoms with Gasteiger partial charge in [-0.25, -0.2) is 4.98 Å². The molecule has 0 aliphatic carbocycles. The van der Waals surface area contributed by atoms with Crippen LogP contribution < -0.4 is 10.6 Å². The number of aryl methyl sites for hydroxylation is 1. The van der Waals surface area contributed by atoms with Crippen LogP contribution in [-0.4, -0.2) is 16.4 Å². The molecule has 2 aromatic rings. The monoisotopic (exact) mass is 361 g/mol. The molecule has 0 atom stereocenters. The van der Waals surface area contributed by atoms with Crippen molar-refractivity contribution < 1.29 is 4.79 Å². The molecule has 1 aromatic carbocycles. The fourth-order valence-corrected chi connectivity index (χ4v) is 2.46. The molecule has 2 rings (SSSR count). The maximum absolute atomic E-state index is 12.2. The van der Waals surface area contributed by atoms with Gasteiger partial charge in [-0.05, 0) is 63.6 Å². The molecule has 4 nitrogen and oxygen atoms in total. The highest BCUT2D eigenvalue weighted by atomic mass is 79.9. The summed E-state index contributed by atoms with van der Waals surface area (Å²) in [5.74, 6) is -0.215. The van der Waals surface area contributed by atoms with Crippen LogP contribution in [0, 0.1) is 6.92 Å². The maximum atomic E-state index is 12.2. The molecule has 0 aliphatic heterocycles. The van der Waals surface area contributed by atoms with Crippen molar-refractivity contribution in [3.63, 3.8) is 0 Å². The first-order valence-corrected chi connectivity index (χ1v) is 7.86. The van der Waals surface area contributed by atoms with E-state index in [1.165, 1.54) is 0 Å². The first-order valence-electron chi connectivity index (χ1n) is 7.06. The lowest BCUT2D eigenvalue weighted by Gasteiger charge is -2.21. The zero-order chi connectivity index (χ0) is 16.3. The van der Waals surface area contributed by atoms with Crippen molar-refractivity contribution in [3.05, 3.63) is 52.3 Å². The lowest BCUT2D eigenvalue weighted by Crippen LogP contribution is -2.26. The third-order valence-electron chi connectivity index (χ3n) is 2.95. The summed E-state index contributed by atoms with van der Waals surface area (Å²) < 4.78 is 0.985. The van der Waals surface area contributed by atoms with Gasteiger partial charge in [-0.3, -0.25) is 4.79 Å². The molecule has 1 aromatic heterocycles. The average Bonchev–Trinajstić information content (AvgIpc) is 2.41. The van der Waals surface area contributed by atoms with Crippen molar-refractivity contribution >= 4 is 33.2 Å². The first kappa shape index (κ1) is 16.5. The van der Waals surface area contributed by atoms with E-state index in [0.717, 1.165) is 21.4 Å². The minimum Gasteiger partial charge on any atom is -0.379 e. The number of carbonyl (C=O) groups is 1. The Balaban J connectivity index is 2.10. The standard InChI is InChI=1S/C17H20BrN3O/c1-11-9-12(18)5-7-14(11)20-16(22)15-8-6-13(10-19-15)21-17(2,3)4/h5-10,21H,1-4H3,(H,20,22). The van der Waals surface area contributed by atoms with Crippen molar-refractivity contribution in [3.8, 4) is 0 Å². The second-order valence-electron chi connectivity index (χ2n) is 6.22. The van der Waals surface area contributed by atoms with Gasteiger partial charge >= 0.3 is 0 Å². The molecule has 0 saturated heterocycles. The highest BCUT2D eigenvalue weighted by Crippen LogP contribution is 2.21. The Labute approximate surface area is 139 Å². The van der Waals surface area contributed by atoms with Gasteiger partial charge in [0.05, 0.1) is 11.9 Å². The zero-order valence-electron chi connectivity index (χ0n) is 13.2. The number of hydrogen-bond acceptors (Lipinski definition) is 3. The number of carbonyl (C=O) groups excluding carboxylic acids is 1. The third kappa shape index (κ3) is 4.56. The molecule has 0 fully saturated rings. The van der Waals surface area contributed by atoms with E-state index in [0.29, 0.717) is 5.69 Å². The summed E-state index contributed by atoms with van der Waals surface area (Å²) in [6.45, 7) is 8.17. The Kier molecular flexibility index (Phi) is 4.86. The largest absolute Gasteiger partial charge is 0.379 e. The van der Waals surface area contributed by atoms with Gasteiger partial charge in [-0.15, -0.1) is 0 Å². The minimum atomic E-state index is -0.215. The molecule has 0 unspecified atom stereocenters. The Bertz CT molecular complexity index is 675. The summed E-state index contributed by atoms with van der Waals surface area (Å²) >= 11 is 3.41. The highest BCUT2D eigenvalue weighted by molar-refractivity contribution is 9.10. The van der Waals surface area contributed by atoms with Crippen LogP contribution in [0.15, 0.2) is 41.0 Å². The van der Waals surface area contributed by atoms with Gasteiger partial charge in [-0.2, -0.15) is 0 Å². The summed E-state index contributed by atoms with van der Waals surface area (Å²) in [7, 11) is 0. The van der Waals surface area contributed by atoms with E-state index in [1.54, 1.807) is 12.3 Å². The van der Waals surface area contributed by atoms with E-state index in [9.17, 15) is 4.79 Å². The van der Waals surface area contributed by atoms with Gasteiger partial charge in [0, 0.05) is 15.7 Å². The van der Waals surface area contributed by atoms with Crippen molar-refractivity contribution in [1.82, 2.24) is 4.98 Å². The number of anilines is 2. The topological polar surface area (TPSA) is 54.0 Å². The summed E-state index contributed by atoms with van der Waals surface area (Å²) in [5, 5.41) is 6.19. The molecule has 0 spiro atoms. The Hall–Kier alpha value is -1.88. The molecular weight excluding hydrogens is 342 g/mol. The predicted octanol–water partition coefficient (Wildman–Crippen LogP) is 4.62. The van der Waals surface area contributed by atoms with E-state index in [4.69, 9.17) is 0 Å². The Morgan fingerprint density at radius 2 is 1.91 bits per heavy atom. The normalized spacial score (nSPS) is 11.1. The molecular formula is C17H20BrN3O. The quantitative estimate of drug-likeness (QED) is 0.838. The number of benzene rings is 1. The number of halogens is 1. The summed E-state index contributed by atoms with van der Waals surface area (Å²) in [5.41, 5.74) is 3.02. The summed E-state index contributed by atoms with van der Waals surface area (Å²) in [4.78, 5) is 16.5. The number of nitrogens with one attached hydrogen (secondary N) is 2. The number of rotatable bonds is 3. The molecule has 22 heavy (non-hydrogen) atoms. The smallest absolute Gasteiger partial charge is 0.274 e. The van der Waals surface area contributed by atoms with Crippen LogP contribution in [0.25, 0.3) is 0 Å². The lowest BCUT2D eigenvalue weighted by molar-refractivity contribution is 0.102. The number of nitrogens with zero attached hydrogens (tertiary/aromatic N) is 1. The van der Waals surface area contributed by atoms with Crippen LogP contribution in [0.3, 0.4) is 0 Å². The van der Waals surface area contributed by atoms with Crippen molar-refractivity contribution in [1.29, 1.82) is 0 Å². The number of pyridine rings is 1. The molecule has 5 heteroatoms. The minimum absolute atomic E-state index is 0.0417. The van der Waals surface area contributed by atoms with Crippen molar-refractivity contribution in [2.24, 2.45) is 0 Å². The van der Waals surface area contributed by atoms with Gasteiger partial charge in [-0.1, -0.05) is 15.9 Å². The second-order valence-corrected chi connectivity index (χ2v) is 7.14. The third-order valence-corrected chi connectivity index (χ3v) is 3.45. The van der Waals surface area contributed by atoms with Crippen molar-refractivity contribution in [2.75, 3.05) is 10.6 Å². The molecule has 0 aliphatic rings. The van der Waals surface area contributed by atoms with E-state index in [-0.39, 0.29) is 11.4 Å². The predicted molar refractivity (Wildman–Crippen MR) is 94.4 cm³/mol. The van der Waals surface area contributed by atoms with Gasteiger partial charge in [0.1, 0.15) is 5.69 Å². The number of amides is 1. The van der Waals surface area contributed by atoms with Crippen LogP contribution in [0.5, 0.6) is 0 Å². The van der Waals surface area contributed by atoms with E-state index >= 15 is 0 Å². The fraction of sp³-hybridized carbons (Fsp3) is 0.294. The Morgan fingerprint density at radius 3 is 2.45 bits per heavy atom. The number of hydrogen-bond donors (Lipinski definition) is 2. The maximum Gasteiger partial charge on any atom is 0.274 e. The summed E-state index contributed by atoms with van der Waals surface area (Å²) in [6, 6.07) is 9.30. The van der Waals surface area contributed by atoms with Crippen LogP contribution >= 0.6 is 15.9 Å². The second kappa shape index (κ2) is 6.48. The van der Waals surface area contributed by atoms with E-state index in [1.807, 2.05) is 31.2 Å². The van der Waals surface area contributed by atoms with Crippen LogP contribution in [0.2, 0.25) is 0 Å². The van der Waals surface area contributed by atoms with Crippen molar-refractivity contribution in [2.45, 2.75) is 33.2 Å². The first-order chi connectivity index (χ1) is 10.2. The van der Waals surface area contributed by atoms with Gasteiger partial charge in [0.2, 0.25) is 0 Å². The lowest BCUT2D eigenvalue weighted by atomic mass is 10.1. The summed E-state index contributed by atoms with van der Waals surface area (Å²) in [6.07, 6.45) is 1.68. The molecule has 0 saturated carbocycles. The highest BCUT2D eigenvalue weighted by Gasteiger charge is 2.12. The Morgan fingerprint density at radius 1 is 1.18 bits per heavy atom. The van der Waals surface area contributed by atoms with E-state index in [2.05, 4.69) is 52.3 Å². The van der Waals surface area contributed by atoms with Crippen LogP contribution in [0.1, 0.15) is 36.8 Å². The van der Waals surface area contributed by atoms with Crippen LogP contribution in [0.4, 0.5) is 11.4 Å². The molecule has 0 radical (unpaired) electrons. The van der Waals surface area contributed by atoms with E-state index < -0.39 is 0 Å². The average molecular weight is 362 g/mol. The van der Waals surface area contributed by atoms with Gasteiger partial charge < -0.3 is 10.6 Å². The molecule has 116 valence electrons. The molecule has 1 heterocycles. The van der Waals surface area contributed by atoms with Gasteiger partial charge in [0.25, 0.3) is 5.91 Å². The number of aromatic nitrogens is 1. The zero-order valence-corrected chi connectivity index (χ0v) is 14.8. The van der Waals surface area contributed by atoms with Crippen LogP contribution in [-0.2, 0) is 0 Å². The molecule has 0 bridgehead atoms. The molecule has 1 amide bonds. The fourth-order valence-electron chi connectivity index (χ4n) is 1.99. The SMILES string of the molecule is Cc1cc(Br)ccc1NC(=O)c1ccc(NC(C)(C)C)cn1. The van der Waals surface area contributed by atoms with Gasteiger partial charge in [0.15, 0.2) is 0 Å².